The largest absolute Gasteiger partial charge is 0.338 e. The highest BCUT2D eigenvalue weighted by Gasteiger charge is 2.10. The third-order valence-corrected chi connectivity index (χ3v) is 3.14. The molecule has 17 heavy (non-hydrogen) atoms. The number of urea groups is 1. The number of aryl methyl sites for hydroxylation is 2. The summed E-state index contributed by atoms with van der Waals surface area (Å²) in [5, 5.41) is 5.69. The molecular formula is C14H20N2O. The second-order valence-corrected chi connectivity index (χ2v) is 4.57. The molecule has 0 heterocycles. The molecule has 0 unspecified atom stereocenters. The lowest BCUT2D eigenvalue weighted by Gasteiger charge is -2.16. The summed E-state index contributed by atoms with van der Waals surface area (Å²) < 4.78 is 0. The number of carbonyl (C=O) groups excluding carboxylic acids is 1. The van der Waals surface area contributed by atoms with Crippen LogP contribution in [0.2, 0.25) is 0 Å². The zero-order chi connectivity index (χ0) is 12.1. The van der Waals surface area contributed by atoms with E-state index >= 15 is 0 Å². The first kappa shape index (κ1) is 12.0. The normalized spacial score (nSPS) is 13.9. The Kier molecular flexibility index (Phi) is 4.02. The van der Waals surface area contributed by atoms with E-state index in [1.54, 1.807) is 0 Å². The lowest BCUT2D eigenvalue weighted by molar-refractivity contribution is 0.252. The van der Waals surface area contributed by atoms with Gasteiger partial charge >= 0.3 is 6.03 Å². The fourth-order valence-electron chi connectivity index (χ4n) is 2.23. The Balaban J connectivity index is 1.99. The maximum Gasteiger partial charge on any atom is 0.319 e. The summed E-state index contributed by atoms with van der Waals surface area (Å²) in [5.41, 5.74) is 3.74. The number of anilines is 1. The predicted molar refractivity (Wildman–Crippen MR) is 70.4 cm³/mol. The van der Waals surface area contributed by atoms with Crippen LogP contribution >= 0.6 is 0 Å². The third kappa shape index (κ3) is 3.22. The number of nitrogens with one attached hydrogen (secondary N) is 2. The summed E-state index contributed by atoms with van der Waals surface area (Å²) in [6.07, 6.45) is 5.83. The quantitative estimate of drug-likeness (QED) is 0.826. The van der Waals surface area contributed by atoms with Gasteiger partial charge in [-0.25, -0.2) is 4.79 Å². The van der Waals surface area contributed by atoms with E-state index in [4.69, 9.17) is 0 Å². The van der Waals surface area contributed by atoms with E-state index in [2.05, 4.69) is 22.8 Å². The standard InChI is InChI=1S/C14H20N2O/c1-2-9-15-14(17)16-13-8-7-11-5-3-4-6-12(11)10-13/h7-8,10H,2-6,9H2,1H3,(H2,15,16,17). The maximum atomic E-state index is 11.5. The second kappa shape index (κ2) is 5.71. The van der Waals surface area contributed by atoms with Crippen LogP contribution in [0.25, 0.3) is 0 Å². The SMILES string of the molecule is CCCNC(=O)Nc1ccc2c(c1)CCCC2. The van der Waals surface area contributed by atoms with Gasteiger partial charge in [-0.3, -0.25) is 0 Å². The van der Waals surface area contributed by atoms with Crippen LogP contribution < -0.4 is 10.6 Å². The lowest BCUT2D eigenvalue weighted by Crippen LogP contribution is -2.29. The minimum Gasteiger partial charge on any atom is -0.338 e. The number of hydrogen-bond donors (Lipinski definition) is 2. The van der Waals surface area contributed by atoms with Gasteiger partial charge in [0.2, 0.25) is 0 Å². The van der Waals surface area contributed by atoms with Crippen molar-refractivity contribution in [3.05, 3.63) is 29.3 Å². The minimum atomic E-state index is -0.109. The second-order valence-electron chi connectivity index (χ2n) is 4.57. The van der Waals surface area contributed by atoms with Crippen molar-refractivity contribution < 1.29 is 4.79 Å². The molecule has 92 valence electrons. The smallest absolute Gasteiger partial charge is 0.319 e. The highest BCUT2D eigenvalue weighted by Crippen LogP contribution is 2.24. The van der Waals surface area contributed by atoms with Crippen LogP contribution in [0.15, 0.2) is 18.2 Å². The molecule has 0 aliphatic heterocycles. The number of carbonyl (C=O) groups is 1. The Bertz CT molecular complexity index is 401. The van der Waals surface area contributed by atoms with E-state index in [-0.39, 0.29) is 6.03 Å². The Labute approximate surface area is 103 Å². The summed E-state index contributed by atoms with van der Waals surface area (Å²) >= 11 is 0. The summed E-state index contributed by atoms with van der Waals surface area (Å²) in [4.78, 5) is 11.5. The summed E-state index contributed by atoms with van der Waals surface area (Å²) in [6, 6.07) is 6.14. The number of fused-ring (bicyclic) bond motifs is 1. The molecule has 1 aliphatic rings. The van der Waals surface area contributed by atoms with Crippen molar-refractivity contribution in [1.29, 1.82) is 0 Å². The predicted octanol–water partition coefficient (Wildman–Crippen LogP) is 3.10. The minimum absolute atomic E-state index is 0.109. The first-order chi connectivity index (χ1) is 8.29. The Hall–Kier alpha value is -1.51. The van der Waals surface area contributed by atoms with E-state index in [0.29, 0.717) is 0 Å². The van der Waals surface area contributed by atoms with E-state index in [9.17, 15) is 4.79 Å². The van der Waals surface area contributed by atoms with E-state index < -0.39 is 0 Å². The zero-order valence-electron chi connectivity index (χ0n) is 10.4. The van der Waals surface area contributed by atoms with Gasteiger partial charge in [0.1, 0.15) is 0 Å². The molecular weight excluding hydrogens is 212 g/mol. The van der Waals surface area contributed by atoms with Crippen LogP contribution in [0.3, 0.4) is 0 Å². The average molecular weight is 232 g/mol. The van der Waals surface area contributed by atoms with Crippen LogP contribution in [-0.2, 0) is 12.8 Å². The maximum absolute atomic E-state index is 11.5. The third-order valence-electron chi connectivity index (χ3n) is 3.14. The first-order valence-corrected chi connectivity index (χ1v) is 6.46. The van der Waals surface area contributed by atoms with Gasteiger partial charge in [0.25, 0.3) is 0 Å². The zero-order valence-corrected chi connectivity index (χ0v) is 10.4. The van der Waals surface area contributed by atoms with Crippen LogP contribution in [0.5, 0.6) is 0 Å². The molecule has 0 radical (unpaired) electrons. The van der Waals surface area contributed by atoms with Crippen molar-refractivity contribution in [2.75, 3.05) is 11.9 Å². The summed E-state index contributed by atoms with van der Waals surface area (Å²) in [6.45, 7) is 2.76. The van der Waals surface area contributed by atoms with Crippen molar-refractivity contribution in [2.45, 2.75) is 39.0 Å². The van der Waals surface area contributed by atoms with E-state index in [1.165, 1.54) is 30.4 Å². The Morgan fingerprint density at radius 1 is 1.24 bits per heavy atom. The lowest BCUT2D eigenvalue weighted by atomic mass is 9.91. The number of hydrogen-bond acceptors (Lipinski definition) is 1. The van der Waals surface area contributed by atoms with Gasteiger partial charge in [-0.2, -0.15) is 0 Å². The van der Waals surface area contributed by atoms with Gasteiger partial charge in [0.05, 0.1) is 0 Å². The molecule has 0 atom stereocenters. The molecule has 2 amide bonds. The Morgan fingerprint density at radius 2 is 2.00 bits per heavy atom. The molecule has 1 aromatic rings. The fraction of sp³-hybridized carbons (Fsp3) is 0.500. The average Bonchev–Trinajstić information content (AvgIpc) is 2.36. The molecule has 0 saturated carbocycles. The topological polar surface area (TPSA) is 41.1 Å². The molecule has 1 aliphatic carbocycles. The highest BCUT2D eigenvalue weighted by molar-refractivity contribution is 5.89. The molecule has 2 N–H and O–H groups in total. The van der Waals surface area contributed by atoms with Crippen LogP contribution in [-0.4, -0.2) is 12.6 Å². The highest BCUT2D eigenvalue weighted by atomic mass is 16.2. The number of benzene rings is 1. The fourth-order valence-corrected chi connectivity index (χ4v) is 2.23. The molecule has 0 saturated heterocycles. The van der Waals surface area contributed by atoms with E-state index in [0.717, 1.165) is 25.1 Å². The van der Waals surface area contributed by atoms with Crippen molar-refractivity contribution in [1.82, 2.24) is 5.32 Å². The molecule has 0 fully saturated rings. The number of rotatable bonds is 3. The van der Waals surface area contributed by atoms with Crippen LogP contribution in [0.1, 0.15) is 37.3 Å². The molecule has 0 spiro atoms. The van der Waals surface area contributed by atoms with Crippen molar-refractivity contribution >= 4 is 11.7 Å². The first-order valence-electron chi connectivity index (χ1n) is 6.46. The molecule has 3 nitrogen and oxygen atoms in total. The van der Waals surface area contributed by atoms with Gasteiger partial charge in [-0.05, 0) is 55.4 Å². The monoisotopic (exact) mass is 232 g/mol. The van der Waals surface area contributed by atoms with Crippen molar-refractivity contribution in [3.63, 3.8) is 0 Å². The number of amides is 2. The van der Waals surface area contributed by atoms with Gasteiger partial charge < -0.3 is 10.6 Å². The Morgan fingerprint density at radius 3 is 2.76 bits per heavy atom. The van der Waals surface area contributed by atoms with Crippen molar-refractivity contribution in [2.24, 2.45) is 0 Å². The molecule has 0 aromatic heterocycles. The summed E-state index contributed by atoms with van der Waals surface area (Å²) in [7, 11) is 0. The van der Waals surface area contributed by atoms with E-state index in [1.807, 2.05) is 13.0 Å². The molecule has 0 bridgehead atoms. The van der Waals surface area contributed by atoms with Gasteiger partial charge in [0, 0.05) is 12.2 Å². The van der Waals surface area contributed by atoms with Crippen LogP contribution in [0, 0.1) is 0 Å². The van der Waals surface area contributed by atoms with Crippen molar-refractivity contribution in [3.8, 4) is 0 Å². The molecule has 1 aromatic carbocycles. The van der Waals surface area contributed by atoms with Gasteiger partial charge in [-0.15, -0.1) is 0 Å². The molecule has 2 rings (SSSR count). The molecule has 3 heteroatoms. The van der Waals surface area contributed by atoms with Gasteiger partial charge in [-0.1, -0.05) is 13.0 Å². The van der Waals surface area contributed by atoms with Gasteiger partial charge in [0.15, 0.2) is 0 Å². The van der Waals surface area contributed by atoms with Crippen LogP contribution in [0.4, 0.5) is 10.5 Å². The summed E-state index contributed by atoms with van der Waals surface area (Å²) in [5.74, 6) is 0.